The number of likely N-dealkylation sites (N-methyl/N-ethyl adjacent to an activating group) is 1. The van der Waals surface area contributed by atoms with Gasteiger partial charge in [0.15, 0.2) is 0 Å². The van der Waals surface area contributed by atoms with E-state index in [9.17, 15) is 5.11 Å². The quantitative estimate of drug-likeness (QED) is 0.384. The van der Waals surface area contributed by atoms with Crippen molar-refractivity contribution < 1.29 is 56.5 Å². The molecular weight excluding hydrogens is 141 g/mol. The molecule has 2 nitrogen and oxygen atoms in total. The number of rotatable bonds is 2. The van der Waals surface area contributed by atoms with Gasteiger partial charge in [-0.25, -0.2) is 0 Å². The van der Waals surface area contributed by atoms with Crippen molar-refractivity contribution in [2.75, 3.05) is 20.7 Å². The molecule has 0 unspecified atom stereocenters. The van der Waals surface area contributed by atoms with E-state index in [1.165, 1.54) is 0 Å². The standard InChI is InChI=1S/C6H12NO.K/c1-7(2)6(5-8)3-4-6;/h3-5H2,1-2H3;/q-1;+1. The maximum atomic E-state index is 10.4. The third kappa shape index (κ3) is 2.25. The van der Waals surface area contributed by atoms with Crippen LogP contribution in [0.1, 0.15) is 12.8 Å². The van der Waals surface area contributed by atoms with Gasteiger partial charge in [-0.15, -0.1) is 6.61 Å². The first kappa shape index (κ1) is 10.6. The van der Waals surface area contributed by atoms with E-state index in [1.807, 2.05) is 19.0 Å². The maximum absolute atomic E-state index is 10.4. The molecule has 1 aliphatic rings. The molecule has 48 valence electrons. The van der Waals surface area contributed by atoms with Gasteiger partial charge < -0.3 is 10.0 Å². The zero-order valence-electron chi connectivity index (χ0n) is 6.48. The van der Waals surface area contributed by atoms with Crippen LogP contribution in [0, 0.1) is 0 Å². The topological polar surface area (TPSA) is 26.3 Å². The van der Waals surface area contributed by atoms with Crippen molar-refractivity contribution in [3.8, 4) is 0 Å². The van der Waals surface area contributed by atoms with Crippen LogP contribution in [0.4, 0.5) is 0 Å². The van der Waals surface area contributed by atoms with Crippen molar-refractivity contribution in [1.82, 2.24) is 4.90 Å². The first-order valence-electron chi connectivity index (χ1n) is 2.97. The third-order valence-corrected chi connectivity index (χ3v) is 2.04. The zero-order chi connectivity index (χ0) is 6.20. The average Bonchev–Trinajstić information content (AvgIpc) is 2.44. The van der Waals surface area contributed by atoms with E-state index in [0.717, 1.165) is 12.8 Å². The molecule has 0 heterocycles. The summed E-state index contributed by atoms with van der Waals surface area (Å²) in [4.78, 5) is 2.04. The zero-order valence-corrected chi connectivity index (χ0v) is 9.60. The molecule has 0 amide bonds. The summed E-state index contributed by atoms with van der Waals surface area (Å²) in [6, 6.07) is 0. The molecule has 1 fully saturated rings. The molecule has 3 heteroatoms. The summed E-state index contributed by atoms with van der Waals surface area (Å²) in [5.41, 5.74) is 0.0694. The summed E-state index contributed by atoms with van der Waals surface area (Å²) in [6.45, 7) is 0.0694. The maximum Gasteiger partial charge on any atom is 1.00 e. The van der Waals surface area contributed by atoms with Crippen molar-refractivity contribution in [2.24, 2.45) is 0 Å². The van der Waals surface area contributed by atoms with Gasteiger partial charge in [0.25, 0.3) is 0 Å². The second-order valence-electron chi connectivity index (χ2n) is 2.76. The Bertz CT molecular complexity index is 91.1. The molecular formula is C6H12KNO. The number of hydrogen-bond donors (Lipinski definition) is 0. The van der Waals surface area contributed by atoms with Crippen LogP contribution in [-0.4, -0.2) is 31.1 Å². The molecule has 0 aromatic heterocycles. The van der Waals surface area contributed by atoms with Crippen molar-refractivity contribution in [3.63, 3.8) is 0 Å². The molecule has 1 aliphatic carbocycles. The smallest absolute Gasteiger partial charge is 0.853 e. The van der Waals surface area contributed by atoms with Crippen molar-refractivity contribution in [3.05, 3.63) is 0 Å². The molecule has 0 N–H and O–H groups in total. The monoisotopic (exact) mass is 153 g/mol. The van der Waals surface area contributed by atoms with Crippen LogP contribution in [-0.2, 0) is 0 Å². The summed E-state index contributed by atoms with van der Waals surface area (Å²) in [5, 5.41) is 10.4. The summed E-state index contributed by atoms with van der Waals surface area (Å²) in [6.07, 6.45) is 2.20. The van der Waals surface area contributed by atoms with Gasteiger partial charge in [0.1, 0.15) is 0 Å². The van der Waals surface area contributed by atoms with Crippen molar-refractivity contribution in [2.45, 2.75) is 18.4 Å². The Balaban J connectivity index is 0.000000640. The fourth-order valence-electron chi connectivity index (χ4n) is 0.865. The first-order valence-corrected chi connectivity index (χ1v) is 2.97. The van der Waals surface area contributed by atoms with Gasteiger partial charge in [0.2, 0.25) is 0 Å². The van der Waals surface area contributed by atoms with Crippen LogP contribution in [0.15, 0.2) is 0 Å². The summed E-state index contributed by atoms with van der Waals surface area (Å²) >= 11 is 0. The molecule has 0 radical (unpaired) electrons. The summed E-state index contributed by atoms with van der Waals surface area (Å²) in [5.74, 6) is 0. The fraction of sp³-hybridized carbons (Fsp3) is 1.00. The molecule has 9 heavy (non-hydrogen) atoms. The van der Waals surface area contributed by atoms with Gasteiger partial charge in [0, 0.05) is 5.54 Å². The Labute approximate surface area is 99.0 Å². The molecule has 0 spiro atoms. The number of hydrogen-bond acceptors (Lipinski definition) is 2. The average molecular weight is 153 g/mol. The van der Waals surface area contributed by atoms with E-state index in [4.69, 9.17) is 0 Å². The minimum Gasteiger partial charge on any atom is -0.853 e. The van der Waals surface area contributed by atoms with E-state index >= 15 is 0 Å². The van der Waals surface area contributed by atoms with E-state index < -0.39 is 0 Å². The molecule has 1 rings (SSSR count). The number of nitrogens with zero attached hydrogens (tertiary/aromatic N) is 1. The van der Waals surface area contributed by atoms with Crippen LogP contribution >= 0.6 is 0 Å². The second-order valence-corrected chi connectivity index (χ2v) is 2.76. The Hall–Kier alpha value is 1.56. The van der Waals surface area contributed by atoms with Crippen LogP contribution in [0.5, 0.6) is 0 Å². The van der Waals surface area contributed by atoms with Crippen LogP contribution < -0.4 is 56.5 Å². The molecule has 0 aromatic carbocycles. The van der Waals surface area contributed by atoms with E-state index in [-0.39, 0.29) is 63.5 Å². The third-order valence-electron chi connectivity index (χ3n) is 2.04. The van der Waals surface area contributed by atoms with E-state index in [1.54, 1.807) is 0 Å². The van der Waals surface area contributed by atoms with Crippen molar-refractivity contribution in [1.29, 1.82) is 0 Å². The molecule has 0 aromatic rings. The van der Waals surface area contributed by atoms with Gasteiger partial charge in [-0.2, -0.15) is 0 Å². The van der Waals surface area contributed by atoms with Crippen molar-refractivity contribution >= 4 is 0 Å². The van der Waals surface area contributed by atoms with Crippen LogP contribution in [0.25, 0.3) is 0 Å². The Morgan fingerprint density at radius 2 is 1.89 bits per heavy atom. The van der Waals surface area contributed by atoms with Gasteiger partial charge >= 0.3 is 51.4 Å². The Kier molecular flexibility index (Phi) is 4.47. The Morgan fingerprint density at radius 3 is 1.89 bits per heavy atom. The van der Waals surface area contributed by atoms with Crippen LogP contribution in [0.3, 0.4) is 0 Å². The van der Waals surface area contributed by atoms with Gasteiger partial charge in [-0.1, -0.05) is 0 Å². The molecule has 0 bridgehead atoms. The van der Waals surface area contributed by atoms with Gasteiger partial charge in [0.05, 0.1) is 0 Å². The Morgan fingerprint density at radius 1 is 1.44 bits per heavy atom. The van der Waals surface area contributed by atoms with Gasteiger partial charge in [-0.3, -0.25) is 0 Å². The second kappa shape index (κ2) is 3.81. The fourth-order valence-corrected chi connectivity index (χ4v) is 0.865. The van der Waals surface area contributed by atoms with Gasteiger partial charge in [-0.05, 0) is 26.9 Å². The minimum absolute atomic E-state index is 0. The summed E-state index contributed by atoms with van der Waals surface area (Å²) in [7, 11) is 3.95. The SMILES string of the molecule is CN(C)C1(C[O-])CC1.[K+]. The normalized spacial score (nSPS) is 21.3. The van der Waals surface area contributed by atoms with E-state index in [0.29, 0.717) is 0 Å². The predicted molar refractivity (Wildman–Crippen MR) is 30.5 cm³/mol. The van der Waals surface area contributed by atoms with E-state index in [2.05, 4.69) is 0 Å². The predicted octanol–water partition coefficient (Wildman–Crippen LogP) is -3.56. The molecule has 0 saturated heterocycles. The van der Waals surface area contributed by atoms with Crippen LogP contribution in [0.2, 0.25) is 0 Å². The summed E-state index contributed by atoms with van der Waals surface area (Å²) < 4.78 is 0. The molecule has 0 atom stereocenters. The first-order chi connectivity index (χ1) is 3.71. The molecule has 0 aliphatic heterocycles. The largest absolute Gasteiger partial charge is 1.00 e. The minimum atomic E-state index is 0. The molecule has 1 saturated carbocycles.